The summed E-state index contributed by atoms with van der Waals surface area (Å²) in [6, 6.07) is 4.22. The van der Waals surface area contributed by atoms with Crippen molar-refractivity contribution in [2.45, 2.75) is 39.8 Å². The third kappa shape index (κ3) is 2.51. The van der Waals surface area contributed by atoms with Gasteiger partial charge in [-0.3, -0.25) is 5.10 Å². The van der Waals surface area contributed by atoms with Crippen molar-refractivity contribution in [1.82, 2.24) is 19.7 Å². The van der Waals surface area contributed by atoms with Crippen LogP contribution in [0.25, 0.3) is 22.2 Å². The molecule has 0 unspecified atom stereocenters. The van der Waals surface area contributed by atoms with E-state index in [1.807, 2.05) is 36.7 Å². The number of aromatic nitrogens is 4. The quantitative estimate of drug-likeness (QED) is 0.796. The fourth-order valence-electron chi connectivity index (χ4n) is 2.25. The van der Waals surface area contributed by atoms with Crippen molar-refractivity contribution in [2.75, 3.05) is 0 Å². The second kappa shape index (κ2) is 5.24. The summed E-state index contributed by atoms with van der Waals surface area (Å²) < 4.78 is 7.85. The fourth-order valence-corrected chi connectivity index (χ4v) is 2.25. The Morgan fingerprint density at radius 3 is 2.76 bits per heavy atom. The van der Waals surface area contributed by atoms with Gasteiger partial charge in [-0.05, 0) is 39.8 Å². The van der Waals surface area contributed by atoms with Crippen LogP contribution in [0.15, 0.2) is 24.5 Å². The molecule has 0 amide bonds. The molecule has 0 atom stereocenters. The number of ether oxygens (including phenoxy) is 1. The zero-order chi connectivity index (χ0) is 15.0. The average molecular weight is 283 g/mol. The summed E-state index contributed by atoms with van der Waals surface area (Å²) in [5.74, 6) is 0.614. The number of fused-ring (bicyclic) bond motifs is 1. The van der Waals surface area contributed by atoms with Crippen molar-refractivity contribution >= 4 is 10.9 Å². The van der Waals surface area contributed by atoms with Crippen LogP contribution in [0, 0.1) is 6.20 Å². The van der Waals surface area contributed by atoms with Gasteiger partial charge in [0, 0.05) is 24.0 Å². The number of nitrogens with zero attached hydrogens (tertiary/aromatic N) is 3. The summed E-state index contributed by atoms with van der Waals surface area (Å²) in [5.41, 5.74) is 2.79. The van der Waals surface area contributed by atoms with Crippen LogP contribution in [0.1, 0.15) is 33.7 Å². The topological polar surface area (TPSA) is 55.7 Å². The SMILES string of the molecule is CC(C)Oc1nccc2[nH]nc(-c3c[c]n(C(C)C)c3)c12. The Labute approximate surface area is 124 Å². The number of H-pyrrole nitrogens is 1. The molecular formula is C16H19N4O. The smallest absolute Gasteiger partial charge is 0.225 e. The number of rotatable bonds is 4. The lowest BCUT2D eigenvalue weighted by Crippen LogP contribution is -2.07. The zero-order valence-corrected chi connectivity index (χ0v) is 12.7. The van der Waals surface area contributed by atoms with Crippen molar-refractivity contribution in [3.63, 3.8) is 0 Å². The molecule has 0 aliphatic carbocycles. The molecule has 3 rings (SSSR count). The highest BCUT2D eigenvalue weighted by molar-refractivity contribution is 5.96. The van der Waals surface area contributed by atoms with Crippen LogP contribution in [0.3, 0.4) is 0 Å². The minimum absolute atomic E-state index is 0.0673. The highest BCUT2D eigenvalue weighted by Crippen LogP contribution is 2.32. The predicted octanol–water partition coefficient (Wildman–Crippen LogP) is 3.59. The van der Waals surface area contributed by atoms with Gasteiger partial charge >= 0.3 is 0 Å². The second-order valence-corrected chi connectivity index (χ2v) is 5.64. The molecule has 5 nitrogen and oxygen atoms in total. The van der Waals surface area contributed by atoms with E-state index in [9.17, 15) is 0 Å². The molecule has 0 aliphatic rings. The Bertz CT molecular complexity index is 755. The van der Waals surface area contributed by atoms with E-state index in [-0.39, 0.29) is 6.10 Å². The van der Waals surface area contributed by atoms with Crippen LogP contribution in [-0.2, 0) is 0 Å². The first-order valence-electron chi connectivity index (χ1n) is 7.16. The molecule has 109 valence electrons. The van der Waals surface area contributed by atoms with E-state index < -0.39 is 0 Å². The highest BCUT2D eigenvalue weighted by Gasteiger charge is 2.16. The normalized spacial score (nSPS) is 11.7. The summed E-state index contributed by atoms with van der Waals surface area (Å²) in [4.78, 5) is 4.35. The Hall–Kier alpha value is -2.30. The molecule has 0 aromatic carbocycles. The molecule has 3 aromatic heterocycles. The van der Waals surface area contributed by atoms with Gasteiger partial charge in [-0.15, -0.1) is 0 Å². The summed E-state index contributed by atoms with van der Waals surface area (Å²) in [6.45, 7) is 8.22. The van der Waals surface area contributed by atoms with Crippen molar-refractivity contribution in [1.29, 1.82) is 0 Å². The van der Waals surface area contributed by atoms with Crippen molar-refractivity contribution < 1.29 is 4.74 Å². The Kier molecular flexibility index (Phi) is 3.41. The standard InChI is InChI=1S/C16H19N4O/c1-10(2)20-8-6-12(9-20)15-14-13(18-19-15)5-7-17-16(14)21-11(3)4/h5-7,9-11H,1-4H3,(H,18,19). The molecule has 0 saturated carbocycles. The number of hydrogen-bond acceptors (Lipinski definition) is 3. The minimum atomic E-state index is 0.0673. The van der Waals surface area contributed by atoms with E-state index in [1.165, 1.54) is 0 Å². The zero-order valence-electron chi connectivity index (χ0n) is 12.7. The van der Waals surface area contributed by atoms with Gasteiger partial charge in [-0.2, -0.15) is 5.10 Å². The summed E-state index contributed by atoms with van der Waals surface area (Å²) in [5, 5.41) is 8.39. The molecule has 5 heteroatoms. The van der Waals surface area contributed by atoms with Crippen molar-refractivity contribution in [3.05, 3.63) is 30.7 Å². The largest absolute Gasteiger partial charge is 0.474 e. The van der Waals surface area contributed by atoms with E-state index in [2.05, 4.69) is 35.2 Å². The molecule has 0 bridgehead atoms. The van der Waals surface area contributed by atoms with E-state index in [1.54, 1.807) is 6.20 Å². The van der Waals surface area contributed by atoms with Gasteiger partial charge in [0.05, 0.1) is 23.2 Å². The average Bonchev–Trinajstić information content (AvgIpc) is 3.04. The third-order valence-electron chi connectivity index (χ3n) is 3.27. The monoisotopic (exact) mass is 283 g/mol. The third-order valence-corrected chi connectivity index (χ3v) is 3.27. The lowest BCUT2D eigenvalue weighted by atomic mass is 10.1. The lowest BCUT2D eigenvalue weighted by molar-refractivity contribution is 0.236. The van der Waals surface area contributed by atoms with Crippen LogP contribution in [0.5, 0.6) is 5.88 Å². The molecule has 0 saturated heterocycles. The van der Waals surface area contributed by atoms with Crippen molar-refractivity contribution in [2.24, 2.45) is 0 Å². The van der Waals surface area contributed by atoms with Gasteiger partial charge in [0.15, 0.2) is 0 Å². The van der Waals surface area contributed by atoms with E-state index in [4.69, 9.17) is 4.74 Å². The number of aromatic amines is 1. The molecule has 0 aliphatic heterocycles. The molecule has 0 spiro atoms. The minimum Gasteiger partial charge on any atom is -0.474 e. The molecule has 1 radical (unpaired) electrons. The summed E-state index contributed by atoms with van der Waals surface area (Å²) >= 11 is 0. The Balaban J connectivity index is 2.13. The molecule has 3 aromatic rings. The number of pyridine rings is 1. The highest BCUT2D eigenvalue weighted by atomic mass is 16.5. The maximum Gasteiger partial charge on any atom is 0.225 e. The van der Waals surface area contributed by atoms with Gasteiger partial charge in [0.25, 0.3) is 0 Å². The Morgan fingerprint density at radius 2 is 2.10 bits per heavy atom. The van der Waals surface area contributed by atoms with Gasteiger partial charge < -0.3 is 9.30 Å². The van der Waals surface area contributed by atoms with E-state index in [0.29, 0.717) is 11.9 Å². The van der Waals surface area contributed by atoms with Crippen LogP contribution in [0.4, 0.5) is 0 Å². The van der Waals surface area contributed by atoms with Crippen LogP contribution in [0.2, 0.25) is 0 Å². The maximum absolute atomic E-state index is 5.81. The molecule has 0 fully saturated rings. The second-order valence-electron chi connectivity index (χ2n) is 5.64. The van der Waals surface area contributed by atoms with Crippen LogP contribution >= 0.6 is 0 Å². The summed E-state index contributed by atoms with van der Waals surface area (Å²) in [6.07, 6.45) is 7.06. The first-order valence-corrected chi connectivity index (χ1v) is 7.16. The van der Waals surface area contributed by atoms with Crippen molar-refractivity contribution in [3.8, 4) is 17.1 Å². The van der Waals surface area contributed by atoms with Gasteiger partial charge in [0.2, 0.25) is 5.88 Å². The lowest BCUT2D eigenvalue weighted by Gasteiger charge is -2.09. The fraction of sp³-hybridized carbons (Fsp3) is 0.375. The van der Waals surface area contributed by atoms with Gasteiger partial charge in [-0.1, -0.05) is 0 Å². The maximum atomic E-state index is 5.81. The molecule has 21 heavy (non-hydrogen) atoms. The molecule has 1 N–H and O–H groups in total. The number of hydrogen-bond donors (Lipinski definition) is 1. The van der Waals surface area contributed by atoms with E-state index >= 15 is 0 Å². The van der Waals surface area contributed by atoms with Crippen LogP contribution in [-0.4, -0.2) is 25.9 Å². The molecular weight excluding hydrogens is 264 g/mol. The van der Waals surface area contributed by atoms with Crippen LogP contribution < -0.4 is 4.74 Å². The molecule has 3 heterocycles. The van der Waals surface area contributed by atoms with Gasteiger partial charge in [0.1, 0.15) is 5.69 Å². The Morgan fingerprint density at radius 1 is 1.29 bits per heavy atom. The van der Waals surface area contributed by atoms with Gasteiger partial charge in [-0.25, -0.2) is 4.98 Å². The van der Waals surface area contributed by atoms with E-state index in [0.717, 1.165) is 22.2 Å². The summed E-state index contributed by atoms with van der Waals surface area (Å²) in [7, 11) is 0. The first kappa shape index (κ1) is 13.7. The predicted molar refractivity (Wildman–Crippen MR) is 82.3 cm³/mol. The first-order chi connectivity index (χ1) is 10.1. The number of nitrogens with one attached hydrogen (secondary N) is 1.